The molecular formula is C20H29N3O5S. The van der Waals surface area contributed by atoms with Gasteiger partial charge in [-0.25, -0.2) is 8.42 Å². The predicted molar refractivity (Wildman–Crippen MR) is 111 cm³/mol. The topological polar surface area (TPSA) is 150 Å². The summed E-state index contributed by atoms with van der Waals surface area (Å²) in [5, 5.41) is 31.3. The molecule has 0 heterocycles. The maximum absolute atomic E-state index is 13.1. The van der Waals surface area contributed by atoms with Gasteiger partial charge >= 0.3 is 0 Å². The van der Waals surface area contributed by atoms with Crippen LogP contribution in [0, 0.1) is 0 Å². The van der Waals surface area contributed by atoms with E-state index in [-0.39, 0.29) is 17.9 Å². The molecule has 0 fully saturated rings. The van der Waals surface area contributed by atoms with Crippen molar-refractivity contribution in [1.82, 2.24) is 4.31 Å². The smallest absolute Gasteiger partial charge is 0.268 e. The molecule has 9 heteroatoms. The van der Waals surface area contributed by atoms with Gasteiger partial charge in [0.1, 0.15) is 5.60 Å². The van der Waals surface area contributed by atoms with Crippen LogP contribution in [0.15, 0.2) is 59.5 Å². The summed E-state index contributed by atoms with van der Waals surface area (Å²) in [4.78, 5) is -0.181. The lowest BCUT2D eigenvalue weighted by Gasteiger charge is -2.41. The minimum atomic E-state index is -4.36. The Morgan fingerprint density at radius 2 is 1.55 bits per heavy atom. The first-order chi connectivity index (χ1) is 13.4. The molecule has 1 atom stereocenters. The van der Waals surface area contributed by atoms with Crippen LogP contribution < -0.4 is 11.5 Å². The van der Waals surface area contributed by atoms with Gasteiger partial charge in [0.2, 0.25) is 10.0 Å². The third-order valence-corrected chi connectivity index (χ3v) is 6.57. The first-order valence-corrected chi connectivity index (χ1v) is 10.6. The number of nitrogens with zero attached hydrogens (tertiary/aromatic N) is 1. The molecule has 1 unspecified atom stereocenters. The van der Waals surface area contributed by atoms with Gasteiger partial charge in [0, 0.05) is 18.3 Å². The lowest BCUT2D eigenvalue weighted by Crippen LogP contribution is -2.64. The van der Waals surface area contributed by atoms with E-state index in [1.165, 1.54) is 24.3 Å². The zero-order valence-corrected chi connectivity index (χ0v) is 17.4. The fourth-order valence-corrected chi connectivity index (χ4v) is 4.46. The van der Waals surface area contributed by atoms with Crippen molar-refractivity contribution in [3.63, 3.8) is 0 Å². The van der Waals surface area contributed by atoms with Crippen LogP contribution in [-0.2, 0) is 16.4 Å². The van der Waals surface area contributed by atoms with E-state index in [4.69, 9.17) is 11.5 Å². The van der Waals surface area contributed by atoms with E-state index < -0.39 is 27.6 Å². The van der Waals surface area contributed by atoms with Gasteiger partial charge in [-0.15, -0.1) is 4.31 Å². The Morgan fingerprint density at radius 3 is 2.07 bits per heavy atom. The second kappa shape index (κ2) is 8.78. The summed E-state index contributed by atoms with van der Waals surface area (Å²) in [7, 11) is -4.36. The molecule has 0 spiro atoms. The van der Waals surface area contributed by atoms with Crippen LogP contribution in [0.3, 0.4) is 0 Å². The summed E-state index contributed by atoms with van der Waals surface area (Å²) in [5.74, 6) is -3.06. The molecule has 7 N–H and O–H groups in total. The van der Waals surface area contributed by atoms with E-state index in [2.05, 4.69) is 0 Å². The SMILES string of the molecule is CC(C)(O)C(O)(O)N(CCC(N)Cc1ccccc1)S(=O)(=O)c1ccc(N)cc1. The van der Waals surface area contributed by atoms with E-state index >= 15 is 0 Å². The molecule has 0 saturated carbocycles. The molecule has 0 aliphatic carbocycles. The second-order valence-corrected chi connectivity index (χ2v) is 9.44. The number of nitrogens with two attached hydrogens (primary N) is 2. The quantitative estimate of drug-likeness (QED) is 0.293. The van der Waals surface area contributed by atoms with Crippen molar-refractivity contribution in [3.05, 3.63) is 60.2 Å². The number of anilines is 1. The average molecular weight is 424 g/mol. The molecule has 29 heavy (non-hydrogen) atoms. The molecule has 0 amide bonds. The number of sulfonamides is 1. The highest BCUT2D eigenvalue weighted by molar-refractivity contribution is 7.89. The summed E-state index contributed by atoms with van der Waals surface area (Å²) in [6.07, 6.45) is 0.630. The highest BCUT2D eigenvalue weighted by Gasteiger charge is 2.51. The van der Waals surface area contributed by atoms with Crippen LogP contribution >= 0.6 is 0 Å². The van der Waals surface area contributed by atoms with Gasteiger partial charge in [0.15, 0.2) is 0 Å². The minimum Gasteiger partial charge on any atom is -0.399 e. The summed E-state index contributed by atoms with van der Waals surface area (Å²) in [6.45, 7) is 1.92. The maximum atomic E-state index is 13.1. The van der Waals surface area contributed by atoms with E-state index in [1.807, 2.05) is 30.3 Å². The van der Waals surface area contributed by atoms with E-state index in [9.17, 15) is 23.7 Å². The van der Waals surface area contributed by atoms with Crippen LogP contribution in [0.2, 0.25) is 0 Å². The van der Waals surface area contributed by atoms with Gasteiger partial charge in [-0.05, 0) is 56.5 Å². The minimum absolute atomic E-state index is 0.141. The van der Waals surface area contributed by atoms with Crippen LogP contribution in [0.5, 0.6) is 0 Å². The van der Waals surface area contributed by atoms with Crippen molar-refractivity contribution in [2.24, 2.45) is 5.73 Å². The summed E-state index contributed by atoms with van der Waals surface area (Å²) in [5.41, 5.74) is 10.9. The van der Waals surface area contributed by atoms with Crippen molar-refractivity contribution < 1.29 is 23.7 Å². The normalized spacial score (nSPS) is 14.2. The first-order valence-electron chi connectivity index (χ1n) is 9.20. The molecule has 8 nitrogen and oxygen atoms in total. The lowest BCUT2D eigenvalue weighted by molar-refractivity contribution is -0.317. The van der Waals surface area contributed by atoms with E-state index in [0.29, 0.717) is 16.4 Å². The van der Waals surface area contributed by atoms with Crippen LogP contribution in [-0.4, -0.2) is 52.1 Å². The van der Waals surface area contributed by atoms with Gasteiger partial charge < -0.3 is 26.8 Å². The maximum Gasteiger partial charge on any atom is 0.268 e. The third-order valence-electron chi connectivity index (χ3n) is 4.68. The molecule has 0 aromatic heterocycles. The van der Waals surface area contributed by atoms with E-state index in [0.717, 1.165) is 19.4 Å². The molecule has 2 rings (SSSR count). The molecular weight excluding hydrogens is 394 g/mol. The fourth-order valence-electron chi connectivity index (χ4n) is 2.82. The molecule has 0 saturated heterocycles. The summed E-state index contributed by atoms with van der Waals surface area (Å²) >= 11 is 0. The average Bonchev–Trinajstić information content (AvgIpc) is 2.61. The molecule has 2 aromatic carbocycles. The Balaban J connectivity index is 2.29. The molecule has 160 valence electrons. The van der Waals surface area contributed by atoms with Crippen LogP contribution in [0.4, 0.5) is 5.69 Å². The highest BCUT2D eigenvalue weighted by atomic mass is 32.2. The van der Waals surface area contributed by atoms with Gasteiger partial charge in [0.05, 0.1) is 4.90 Å². The Hall–Kier alpha value is -2.01. The van der Waals surface area contributed by atoms with Crippen LogP contribution in [0.1, 0.15) is 25.8 Å². The van der Waals surface area contributed by atoms with Crippen LogP contribution in [0.25, 0.3) is 0 Å². The Morgan fingerprint density at radius 1 is 1.00 bits per heavy atom. The predicted octanol–water partition coefficient (Wildman–Crippen LogP) is 0.629. The molecule has 0 radical (unpaired) electrons. The van der Waals surface area contributed by atoms with Gasteiger partial charge in [0.25, 0.3) is 5.91 Å². The van der Waals surface area contributed by atoms with E-state index in [1.54, 1.807) is 0 Å². The summed E-state index contributed by atoms with van der Waals surface area (Å²) in [6, 6.07) is 14.3. The molecule has 0 bridgehead atoms. The summed E-state index contributed by atoms with van der Waals surface area (Å²) < 4.78 is 26.7. The second-order valence-electron chi connectivity index (χ2n) is 7.58. The standard InChI is InChI=1S/C20H29N3O5S/c1-19(2,24)20(25,26)23(29(27,28)18-10-8-16(21)9-11-18)13-12-17(22)14-15-6-4-3-5-7-15/h3-11,17,24-26H,12-14,21-22H2,1-2H3. The number of hydrogen-bond donors (Lipinski definition) is 5. The molecule has 2 aromatic rings. The number of hydrogen-bond acceptors (Lipinski definition) is 7. The van der Waals surface area contributed by atoms with Gasteiger partial charge in [-0.1, -0.05) is 30.3 Å². The monoisotopic (exact) mass is 423 g/mol. The van der Waals surface area contributed by atoms with Crippen molar-refractivity contribution in [2.75, 3.05) is 12.3 Å². The van der Waals surface area contributed by atoms with Gasteiger partial charge in [-0.2, -0.15) is 0 Å². The number of rotatable bonds is 9. The highest BCUT2D eigenvalue weighted by Crippen LogP contribution is 2.30. The third kappa shape index (κ3) is 5.53. The van der Waals surface area contributed by atoms with Gasteiger partial charge in [-0.3, -0.25) is 0 Å². The lowest BCUT2D eigenvalue weighted by atomic mass is 10.0. The van der Waals surface area contributed by atoms with Crippen molar-refractivity contribution in [1.29, 1.82) is 0 Å². The Kier molecular flexibility index (Phi) is 7.05. The zero-order chi connectivity index (χ0) is 21.9. The fraction of sp³-hybridized carbons (Fsp3) is 0.400. The van der Waals surface area contributed by atoms with Crippen molar-refractivity contribution in [2.45, 2.75) is 49.1 Å². The zero-order valence-electron chi connectivity index (χ0n) is 16.6. The number of nitrogen functional groups attached to an aromatic ring is 1. The largest absolute Gasteiger partial charge is 0.399 e. The number of benzene rings is 2. The van der Waals surface area contributed by atoms with Crippen molar-refractivity contribution in [3.8, 4) is 0 Å². The van der Waals surface area contributed by atoms with Crippen molar-refractivity contribution >= 4 is 15.7 Å². The number of aliphatic hydroxyl groups is 3. The Bertz CT molecular complexity index is 894. The molecule has 0 aliphatic rings. The Labute approximate surface area is 171 Å². The molecule has 0 aliphatic heterocycles. The first kappa shape index (κ1) is 23.3.